The fraction of sp³-hybridized carbons (Fsp3) is 0.320. The highest BCUT2D eigenvalue weighted by Gasteiger charge is 2.37. The summed E-state index contributed by atoms with van der Waals surface area (Å²) in [5.41, 5.74) is 1.08. The molecule has 2 atom stereocenters. The van der Waals surface area contributed by atoms with Gasteiger partial charge < -0.3 is 25.0 Å². The lowest BCUT2D eigenvalue weighted by molar-refractivity contribution is -0.385. The summed E-state index contributed by atoms with van der Waals surface area (Å²) in [6.07, 6.45) is 1.81. The predicted molar refractivity (Wildman–Crippen MR) is 131 cm³/mol. The minimum absolute atomic E-state index is 0.0945. The number of imidazole rings is 1. The zero-order valence-electron chi connectivity index (χ0n) is 19.9. The van der Waals surface area contributed by atoms with Gasteiger partial charge in [-0.25, -0.2) is 9.78 Å². The van der Waals surface area contributed by atoms with Gasteiger partial charge in [-0.15, -0.1) is 0 Å². The molecule has 1 aliphatic rings. The SMILES string of the molecule is CC(C)[C@H](NC(=O)O)C(=O)N1CCC[C@H]1c1ncc(-c2ccc([N+](=O)[O-])c(Oc3ccccc3)c2)[nH]1. The average Bonchev–Trinajstić information content (AvgIpc) is 3.52. The summed E-state index contributed by atoms with van der Waals surface area (Å²) >= 11 is 0. The Morgan fingerprint density at radius 1 is 1.25 bits per heavy atom. The minimum Gasteiger partial charge on any atom is -0.465 e. The van der Waals surface area contributed by atoms with Crippen molar-refractivity contribution in [3.63, 3.8) is 0 Å². The first-order valence-electron chi connectivity index (χ1n) is 11.6. The Kier molecular flexibility index (Phi) is 7.18. The Morgan fingerprint density at radius 2 is 2.00 bits per heavy atom. The molecule has 1 saturated heterocycles. The van der Waals surface area contributed by atoms with E-state index in [1.807, 2.05) is 6.07 Å². The number of nitro groups is 1. The normalized spacial score (nSPS) is 16.1. The van der Waals surface area contributed by atoms with Crippen LogP contribution < -0.4 is 10.1 Å². The van der Waals surface area contributed by atoms with Gasteiger partial charge in [-0.3, -0.25) is 14.9 Å². The van der Waals surface area contributed by atoms with E-state index in [1.54, 1.807) is 61.3 Å². The van der Waals surface area contributed by atoms with E-state index in [-0.39, 0.29) is 29.3 Å². The molecule has 11 nitrogen and oxygen atoms in total. The molecule has 1 fully saturated rings. The first kappa shape index (κ1) is 24.7. The van der Waals surface area contributed by atoms with Crippen molar-refractivity contribution in [1.82, 2.24) is 20.2 Å². The average molecular weight is 494 g/mol. The largest absolute Gasteiger partial charge is 0.465 e. The molecule has 0 unspecified atom stereocenters. The monoisotopic (exact) mass is 493 g/mol. The second-order valence-corrected chi connectivity index (χ2v) is 8.90. The molecule has 0 radical (unpaired) electrons. The van der Waals surface area contributed by atoms with Gasteiger partial charge in [0.05, 0.1) is 22.9 Å². The summed E-state index contributed by atoms with van der Waals surface area (Å²) in [7, 11) is 0. The van der Waals surface area contributed by atoms with Crippen LogP contribution in [-0.4, -0.2) is 49.5 Å². The smallest absolute Gasteiger partial charge is 0.405 e. The third-order valence-electron chi connectivity index (χ3n) is 6.10. The van der Waals surface area contributed by atoms with Gasteiger partial charge in [0.2, 0.25) is 11.7 Å². The lowest BCUT2D eigenvalue weighted by atomic mass is 10.0. The van der Waals surface area contributed by atoms with Crippen LogP contribution in [0, 0.1) is 16.0 Å². The van der Waals surface area contributed by atoms with Gasteiger partial charge in [-0.05, 0) is 43.0 Å². The maximum absolute atomic E-state index is 13.2. The third-order valence-corrected chi connectivity index (χ3v) is 6.10. The number of carbonyl (C=O) groups excluding carboxylic acids is 1. The lowest BCUT2D eigenvalue weighted by Crippen LogP contribution is -2.50. The Morgan fingerprint density at radius 3 is 2.67 bits per heavy atom. The molecule has 0 spiro atoms. The molecule has 2 amide bonds. The van der Waals surface area contributed by atoms with E-state index in [2.05, 4.69) is 15.3 Å². The second kappa shape index (κ2) is 10.5. The molecule has 1 aromatic heterocycles. The molecule has 2 heterocycles. The highest BCUT2D eigenvalue weighted by atomic mass is 16.6. The van der Waals surface area contributed by atoms with Crippen molar-refractivity contribution in [2.75, 3.05) is 6.54 Å². The highest BCUT2D eigenvalue weighted by Crippen LogP contribution is 2.36. The Hall–Kier alpha value is -4.41. The van der Waals surface area contributed by atoms with E-state index in [1.165, 1.54) is 6.07 Å². The summed E-state index contributed by atoms with van der Waals surface area (Å²) in [5, 5.41) is 23.0. The number of H-pyrrole nitrogens is 1. The lowest BCUT2D eigenvalue weighted by Gasteiger charge is -2.29. The summed E-state index contributed by atoms with van der Waals surface area (Å²) in [6, 6.07) is 12.2. The molecule has 4 rings (SSSR count). The summed E-state index contributed by atoms with van der Waals surface area (Å²) in [4.78, 5) is 44.8. The van der Waals surface area contributed by atoms with Crippen molar-refractivity contribution >= 4 is 17.7 Å². The standard InChI is InChI=1S/C25H27N5O6/c1-15(2)22(28-25(32)33)24(31)29-12-6-9-20(29)23-26-14-18(27-23)16-10-11-19(30(34)35)21(13-16)36-17-7-4-3-5-8-17/h3-5,7-8,10-11,13-15,20,22,28H,6,9,12H2,1-2H3,(H,26,27)(H,32,33)/t20-,22-/m0/s1. The zero-order valence-corrected chi connectivity index (χ0v) is 19.9. The van der Waals surface area contributed by atoms with Crippen molar-refractivity contribution in [2.24, 2.45) is 5.92 Å². The highest BCUT2D eigenvalue weighted by molar-refractivity contribution is 5.86. The van der Waals surface area contributed by atoms with Gasteiger partial charge in [0.15, 0.2) is 0 Å². The van der Waals surface area contributed by atoms with Crippen molar-refractivity contribution in [3.05, 3.63) is 70.7 Å². The number of para-hydroxylation sites is 1. The third kappa shape index (κ3) is 5.29. The van der Waals surface area contributed by atoms with E-state index >= 15 is 0 Å². The number of aromatic nitrogens is 2. The number of nitrogens with zero attached hydrogens (tertiary/aromatic N) is 3. The number of hydrogen-bond acceptors (Lipinski definition) is 6. The van der Waals surface area contributed by atoms with E-state index in [9.17, 15) is 19.7 Å². The number of nitro benzene ring substituents is 1. The molecule has 188 valence electrons. The molecular weight excluding hydrogens is 466 g/mol. The van der Waals surface area contributed by atoms with Crippen LogP contribution in [0.2, 0.25) is 0 Å². The maximum Gasteiger partial charge on any atom is 0.405 e. The van der Waals surface area contributed by atoms with E-state index in [0.717, 1.165) is 6.42 Å². The zero-order chi connectivity index (χ0) is 25.8. The summed E-state index contributed by atoms with van der Waals surface area (Å²) < 4.78 is 5.78. The number of carbonyl (C=O) groups is 2. The van der Waals surface area contributed by atoms with Gasteiger partial charge in [-0.2, -0.15) is 0 Å². The van der Waals surface area contributed by atoms with Crippen LogP contribution in [0.5, 0.6) is 11.5 Å². The quantitative estimate of drug-likeness (QED) is 0.303. The Balaban J connectivity index is 1.60. The van der Waals surface area contributed by atoms with Crippen molar-refractivity contribution < 1.29 is 24.4 Å². The summed E-state index contributed by atoms with van der Waals surface area (Å²) in [6.45, 7) is 4.08. The van der Waals surface area contributed by atoms with Crippen LogP contribution >= 0.6 is 0 Å². The molecule has 2 aromatic carbocycles. The molecule has 3 N–H and O–H groups in total. The molecule has 0 aliphatic carbocycles. The number of aromatic amines is 1. The molecule has 1 aliphatic heterocycles. The summed E-state index contributed by atoms with van der Waals surface area (Å²) in [5.74, 6) is 0.624. The predicted octanol–water partition coefficient (Wildman–Crippen LogP) is 4.73. The molecule has 36 heavy (non-hydrogen) atoms. The first-order chi connectivity index (χ1) is 17.2. The van der Waals surface area contributed by atoms with Crippen LogP contribution in [0.15, 0.2) is 54.7 Å². The fourth-order valence-electron chi connectivity index (χ4n) is 4.32. The van der Waals surface area contributed by atoms with Crippen LogP contribution in [0.3, 0.4) is 0 Å². The van der Waals surface area contributed by atoms with E-state index < -0.39 is 17.1 Å². The minimum atomic E-state index is -1.25. The topological polar surface area (TPSA) is 151 Å². The number of nitrogens with one attached hydrogen (secondary N) is 2. The van der Waals surface area contributed by atoms with Crippen molar-refractivity contribution in [3.8, 4) is 22.8 Å². The van der Waals surface area contributed by atoms with Crippen molar-refractivity contribution in [1.29, 1.82) is 0 Å². The number of likely N-dealkylation sites (tertiary alicyclic amines) is 1. The van der Waals surface area contributed by atoms with Gasteiger partial charge in [0.25, 0.3) is 0 Å². The van der Waals surface area contributed by atoms with Gasteiger partial charge in [0, 0.05) is 18.2 Å². The molecule has 3 aromatic rings. The number of ether oxygens (including phenoxy) is 1. The Bertz CT molecular complexity index is 1260. The number of rotatable bonds is 8. The molecule has 0 bridgehead atoms. The van der Waals surface area contributed by atoms with Gasteiger partial charge >= 0.3 is 11.8 Å². The second-order valence-electron chi connectivity index (χ2n) is 8.90. The van der Waals surface area contributed by atoms with Gasteiger partial charge in [-0.1, -0.05) is 32.0 Å². The fourth-order valence-corrected chi connectivity index (χ4v) is 4.32. The van der Waals surface area contributed by atoms with Crippen LogP contribution in [0.25, 0.3) is 11.3 Å². The number of amides is 2. The van der Waals surface area contributed by atoms with Gasteiger partial charge in [0.1, 0.15) is 17.6 Å². The Labute approximate surface area is 207 Å². The van der Waals surface area contributed by atoms with E-state index in [0.29, 0.717) is 35.8 Å². The van der Waals surface area contributed by atoms with Crippen LogP contribution in [0.1, 0.15) is 38.6 Å². The van der Waals surface area contributed by atoms with Crippen molar-refractivity contribution in [2.45, 2.75) is 38.8 Å². The molecular formula is C25H27N5O6. The number of benzene rings is 2. The van der Waals surface area contributed by atoms with Crippen LogP contribution in [-0.2, 0) is 4.79 Å². The van der Waals surface area contributed by atoms with E-state index in [4.69, 9.17) is 9.84 Å². The molecule has 11 heteroatoms. The first-order valence-corrected chi connectivity index (χ1v) is 11.6. The molecule has 0 saturated carbocycles. The maximum atomic E-state index is 13.2. The number of carboxylic acid groups (broad SMARTS) is 1. The number of hydrogen-bond donors (Lipinski definition) is 3. The van der Waals surface area contributed by atoms with Crippen LogP contribution in [0.4, 0.5) is 10.5 Å².